The van der Waals surface area contributed by atoms with Crippen LogP contribution in [0.25, 0.3) is 16.9 Å². The second kappa shape index (κ2) is 6.93. The molecular formula is C22H26N4O2. The maximum absolute atomic E-state index is 12.8. The van der Waals surface area contributed by atoms with Crippen LogP contribution < -0.4 is 5.56 Å². The van der Waals surface area contributed by atoms with E-state index in [4.69, 9.17) is 4.98 Å². The summed E-state index contributed by atoms with van der Waals surface area (Å²) in [5.74, 6) is 0.542. The summed E-state index contributed by atoms with van der Waals surface area (Å²) in [5, 5.41) is 3.20. The van der Waals surface area contributed by atoms with E-state index in [9.17, 15) is 9.59 Å². The van der Waals surface area contributed by atoms with Crippen LogP contribution in [-0.2, 0) is 4.79 Å². The third-order valence-corrected chi connectivity index (χ3v) is 5.40. The molecule has 3 heterocycles. The van der Waals surface area contributed by atoms with E-state index in [-0.39, 0.29) is 17.4 Å². The highest BCUT2D eigenvalue weighted by Gasteiger charge is 2.32. The lowest BCUT2D eigenvalue weighted by Crippen LogP contribution is -2.29. The lowest BCUT2D eigenvalue weighted by atomic mass is 10.0. The van der Waals surface area contributed by atoms with Crippen LogP contribution in [0.15, 0.2) is 35.1 Å². The van der Waals surface area contributed by atoms with E-state index >= 15 is 0 Å². The van der Waals surface area contributed by atoms with Gasteiger partial charge in [-0.05, 0) is 25.8 Å². The Hall–Kier alpha value is -2.89. The van der Waals surface area contributed by atoms with E-state index in [1.807, 2.05) is 36.9 Å². The standard InChI is InChI=1S/C22H26N4O2/c1-13(2)11-25-12-17(9-19(25)27)18-10-20(28)26-22(23-18)15(4)21(24-26)16-7-5-6-14(3)8-16/h5-8,10,13,17,24H,9,11-12H2,1-4H3. The molecule has 0 radical (unpaired) electrons. The minimum atomic E-state index is -0.142. The zero-order valence-corrected chi connectivity index (χ0v) is 16.8. The van der Waals surface area contributed by atoms with E-state index in [2.05, 4.69) is 25.0 Å². The highest BCUT2D eigenvalue weighted by Crippen LogP contribution is 2.29. The Labute approximate surface area is 164 Å². The number of rotatable bonds is 4. The van der Waals surface area contributed by atoms with Crippen molar-refractivity contribution >= 4 is 11.6 Å². The summed E-state index contributed by atoms with van der Waals surface area (Å²) < 4.78 is 1.50. The molecule has 6 heteroatoms. The molecule has 0 saturated carbocycles. The fraction of sp³-hybridized carbons (Fsp3) is 0.409. The van der Waals surface area contributed by atoms with Crippen LogP contribution in [-0.4, -0.2) is 38.5 Å². The number of carbonyl (C=O) groups excluding carboxylic acids is 1. The number of aromatic amines is 1. The van der Waals surface area contributed by atoms with Crippen LogP contribution in [0.3, 0.4) is 0 Å². The first-order chi connectivity index (χ1) is 13.3. The van der Waals surface area contributed by atoms with Crippen molar-refractivity contribution in [3.05, 3.63) is 57.5 Å². The summed E-state index contributed by atoms with van der Waals surface area (Å²) in [6.45, 7) is 9.61. The van der Waals surface area contributed by atoms with Crippen molar-refractivity contribution in [3.8, 4) is 11.3 Å². The Kier molecular flexibility index (Phi) is 4.57. The SMILES string of the molecule is Cc1cccc(-c2[nH]n3c(=O)cc(C4CC(=O)N(CC(C)C)C4)nc3c2C)c1. The van der Waals surface area contributed by atoms with Gasteiger partial charge in [-0.2, -0.15) is 0 Å². The molecule has 146 valence electrons. The fourth-order valence-corrected chi connectivity index (χ4v) is 4.05. The van der Waals surface area contributed by atoms with Crippen molar-refractivity contribution in [2.24, 2.45) is 5.92 Å². The lowest BCUT2D eigenvalue weighted by Gasteiger charge is -2.18. The van der Waals surface area contributed by atoms with E-state index in [0.29, 0.717) is 30.2 Å². The van der Waals surface area contributed by atoms with Gasteiger partial charge in [0.25, 0.3) is 5.56 Å². The Morgan fingerprint density at radius 1 is 1.21 bits per heavy atom. The number of fused-ring (bicyclic) bond motifs is 1. The number of nitrogens with zero attached hydrogens (tertiary/aromatic N) is 3. The van der Waals surface area contributed by atoms with Gasteiger partial charge in [-0.3, -0.25) is 14.7 Å². The number of aryl methyl sites for hydroxylation is 2. The summed E-state index contributed by atoms with van der Waals surface area (Å²) in [6, 6.07) is 9.73. The number of amides is 1. The van der Waals surface area contributed by atoms with Gasteiger partial charge in [0, 0.05) is 42.6 Å². The van der Waals surface area contributed by atoms with Crippen molar-refractivity contribution in [3.63, 3.8) is 0 Å². The smallest absolute Gasteiger partial charge is 0.272 e. The van der Waals surface area contributed by atoms with Gasteiger partial charge in [0.15, 0.2) is 5.65 Å². The molecule has 2 aromatic heterocycles. The molecule has 1 unspecified atom stereocenters. The molecule has 1 saturated heterocycles. The van der Waals surface area contributed by atoms with Crippen molar-refractivity contribution in [2.45, 2.75) is 40.0 Å². The van der Waals surface area contributed by atoms with Crippen LogP contribution in [0.2, 0.25) is 0 Å². The Balaban J connectivity index is 1.74. The van der Waals surface area contributed by atoms with Crippen LogP contribution >= 0.6 is 0 Å². The molecule has 1 aliphatic heterocycles. The number of likely N-dealkylation sites (tertiary alicyclic amines) is 1. The van der Waals surface area contributed by atoms with Crippen LogP contribution in [0.4, 0.5) is 0 Å². The first-order valence-electron chi connectivity index (χ1n) is 9.80. The molecule has 28 heavy (non-hydrogen) atoms. The molecule has 3 aromatic rings. The number of benzene rings is 1. The largest absolute Gasteiger partial charge is 0.342 e. The highest BCUT2D eigenvalue weighted by atomic mass is 16.2. The number of hydrogen-bond acceptors (Lipinski definition) is 3. The number of carbonyl (C=O) groups is 1. The Bertz CT molecular complexity index is 1110. The minimum absolute atomic E-state index is 0.0272. The second-order valence-corrected chi connectivity index (χ2v) is 8.25. The average Bonchev–Trinajstić information content (AvgIpc) is 3.16. The quantitative estimate of drug-likeness (QED) is 0.757. The highest BCUT2D eigenvalue weighted by molar-refractivity contribution is 5.79. The average molecular weight is 378 g/mol. The number of H-pyrrole nitrogens is 1. The third kappa shape index (κ3) is 3.23. The predicted molar refractivity (Wildman–Crippen MR) is 109 cm³/mol. The van der Waals surface area contributed by atoms with E-state index < -0.39 is 0 Å². The van der Waals surface area contributed by atoms with Gasteiger partial charge >= 0.3 is 0 Å². The molecule has 1 aromatic carbocycles. The van der Waals surface area contributed by atoms with E-state index in [0.717, 1.165) is 28.9 Å². The maximum atomic E-state index is 12.8. The van der Waals surface area contributed by atoms with Crippen molar-refractivity contribution in [1.82, 2.24) is 19.5 Å². The maximum Gasteiger partial charge on any atom is 0.272 e. The Morgan fingerprint density at radius 2 is 2.00 bits per heavy atom. The van der Waals surface area contributed by atoms with Gasteiger partial charge in [-0.1, -0.05) is 37.6 Å². The van der Waals surface area contributed by atoms with Gasteiger partial charge in [0.2, 0.25) is 5.91 Å². The normalized spacial score (nSPS) is 17.2. The fourth-order valence-electron chi connectivity index (χ4n) is 4.05. The van der Waals surface area contributed by atoms with Crippen molar-refractivity contribution in [2.75, 3.05) is 13.1 Å². The molecule has 1 N–H and O–H groups in total. The van der Waals surface area contributed by atoms with Crippen molar-refractivity contribution < 1.29 is 4.79 Å². The van der Waals surface area contributed by atoms with Crippen LogP contribution in [0, 0.1) is 19.8 Å². The van der Waals surface area contributed by atoms with Crippen LogP contribution in [0.5, 0.6) is 0 Å². The first-order valence-corrected chi connectivity index (χ1v) is 9.80. The third-order valence-electron chi connectivity index (χ3n) is 5.40. The summed E-state index contributed by atoms with van der Waals surface area (Å²) in [5.41, 5.74) is 5.23. The number of aromatic nitrogens is 3. The summed E-state index contributed by atoms with van der Waals surface area (Å²) >= 11 is 0. The molecule has 1 atom stereocenters. The van der Waals surface area contributed by atoms with E-state index in [1.165, 1.54) is 4.52 Å². The molecule has 0 aliphatic carbocycles. The monoisotopic (exact) mass is 378 g/mol. The topological polar surface area (TPSA) is 70.5 Å². The molecule has 0 spiro atoms. The molecule has 1 fully saturated rings. The van der Waals surface area contributed by atoms with E-state index in [1.54, 1.807) is 6.07 Å². The molecule has 6 nitrogen and oxygen atoms in total. The van der Waals surface area contributed by atoms with Gasteiger partial charge in [0.1, 0.15) is 0 Å². The molecule has 4 rings (SSSR count). The first kappa shape index (κ1) is 18.5. The predicted octanol–water partition coefficient (Wildman–Crippen LogP) is 3.28. The van der Waals surface area contributed by atoms with Gasteiger partial charge < -0.3 is 4.90 Å². The minimum Gasteiger partial charge on any atom is -0.342 e. The van der Waals surface area contributed by atoms with Crippen LogP contribution in [0.1, 0.15) is 43.0 Å². The zero-order chi connectivity index (χ0) is 20.0. The second-order valence-electron chi connectivity index (χ2n) is 8.25. The van der Waals surface area contributed by atoms with Gasteiger partial charge in [-0.25, -0.2) is 9.50 Å². The summed E-state index contributed by atoms with van der Waals surface area (Å²) in [6.07, 6.45) is 0.420. The zero-order valence-electron chi connectivity index (χ0n) is 16.8. The van der Waals surface area contributed by atoms with Gasteiger partial charge in [-0.15, -0.1) is 0 Å². The van der Waals surface area contributed by atoms with Gasteiger partial charge in [0.05, 0.1) is 11.4 Å². The number of hydrogen-bond donors (Lipinski definition) is 1. The van der Waals surface area contributed by atoms with Crippen molar-refractivity contribution in [1.29, 1.82) is 0 Å². The molecular weight excluding hydrogens is 352 g/mol. The summed E-state index contributed by atoms with van der Waals surface area (Å²) in [4.78, 5) is 31.8. The molecule has 0 bridgehead atoms. The molecule has 1 aliphatic rings. The molecule has 1 amide bonds. The lowest BCUT2D eigenvalue weighted by molar-refractivity contribution is -0.128. The summed E-state index contributed by atoms with van der Waals surface area (Å²) in [7, 11) is 0. The Morgan fingerprint density at radius 3 is 2.71 bits per heavy atom. The number of nitrogens with one attached hydrogen (secondary N) is 1.